The van der Waals surface area contributed by atoms with Gasteiger partial charge < -0.3 is 20.1 Å². The van der Waals surface area contributed by atoms with Crippen LogP contribution in [0.3, 0.4) is 0 Å². The molecule has 7 heteroatoms. The van der Waals surface area contributed by atoms with Crippen LogP contribution in [-0.4, -0.2) is 44.8 Å². The first-order valence-corrected chi connectivity index (χ1v) is 9.27. The standard InChI is InChI=1S/C18H26N4O2S/c1-4-17-22-14(13-25-17)9-10-20-18(19-2)21-11-12-24-16-7-5-15(23-3)6-8-16/h5-8,13H,4,9-12H2,1-3H3,(H2,19,20,21). The van der Waals surface area contributed by atoms with Gasteiger partial charge in [0.15, 0.2) is 5.96 Å². The van der Waals surface area contributed by atoms with E-state index in [0.29, 0.717) is 13.2 Å². The number of hydrogen-bond donors (Lipinski definition) is 2. The molecule has 0 bridgehead atoms. The summed E-state index contributed by atoms with van der Waals surface area (Å²) in [5.74, 6) is 2.41. The molecule has 6 nitrogen and oxygen atoms in total. The summed E-state index contributed by atoms with van der Waals surface area (Å²) in [6.07, 6.45) is 1.88. The SMILES string of the molecule is CCc1nc(CCNC(=NC)NCCOc2ccc(OC)cc2)cs1. The second-order valence-electron chi connectivity index (χ2n) is 5.29. The number of methoxy groups -OCH3 is 1. The van der Waals surface area contributed by atoms with Gasteiger partial charge in [-0.25, -0.2) is 4.98 Å². The van der Waals surface area contributed by atoms with Crippen LogP contribution in [-0.2, 0) is 12.8 Å². The first kappa shape index (κ1) is 19.1. The molecule has 1 aromatic heterocycles. The Kier molecular flexibility index (Phi) is 8.04. The Hall–Kier alpha value is -2.28. The maximum absolute atomic E-state index is 5.68. The van der Waals surface area contributed by atoms with Crippen LogP contribution in [0.1, 0.15) is 17.6 Å². The summed E-state index contributed by atoms with van der Waals surface area (Å²) in [5.41, 5.74) is 1.13. The van der Waals surface area contributed by atoms with Crippen molar-refractivity contribution in [2.24, 2.45) is 4.99 Å². The maximum Gasteiger partial charge on any atom is 0.191 e. The van der Waals surface area contributed by atoms with Gasteiger partial charge in [-0.15, -0.1) is 11.3 Å². The van der Waals surface area contributed by atoms with E-state index in [1.165, 1.54) is 5.01 Å². The molecule has 25 heavy (non-hydrogen) atoms. The third kappa shape index (κ3) is 6.62. The predicted molar refractivity (Wildman–Crippen MR) is 103 cm³/mol. The molecule has 0 fully saturated rings. The van der Waals surface area contributed by atoms with Crippen LogP contribution in [0.4, 0.5) is 0 Å². The number of rotatable bonds is 9. The molecule has 0 aliphatic rings. The molecular formula is C18H26N4O2S. The van der Waals surface area contributed by atoms with Crippen molar-refractivity contribution < 1.29 is 9.47 Å². The van der Waals surface area contributed by atoms with E-state index in [4.69, 9.17) is 9.47 Å². The van der Waals surface area contributed by atoms with Gasteiger partial charge in [-0.2, -0.15) is 0 Å². The quantitative estimate of drug-likeness (QED) is 0.408. The molecule has 0 radical (unpaired) electrons. The smallest absolute Gasteiger partial charge is 0.191 e. The molecule has 0 saturated heterocycles. The molecule has 0 aliphatic carbocycles. The molecule has 0 atom stereocenters. The maximum atomic E-state index is 5.68. The fraction of sp³-hybridized carbons (Fsp3) is 0.444. The Bertz CT molecular complexity index is 655. The van der Waals surface area contributed by atoms with Crippen LogP contribution in [0.5, 0.6) is 11.5 Å². The highest BCUT2D eigenvalue weighted by atomic mass is 32.1. The fourth-order valence-electron chi connectivity index (χ4n) is 2.17. The van der Waals surface area contributed by atoms with Gasteiger partial charge in [-0.1, -0.05) is 6.92 Å². The second-order valence-corrected chi connectivity index (χ2v) is 6.23. The molecular weight excluding hydrogens is 336 g/mol. The minimum atomic E-state index is 0.555. The highest BCUT2D eigenvalue weighted by Gasteiger charge is 2.02. The zero-order valence-electron chi connectivity index (χ0n) is 15.0. The lowest BCUT2D eigenvalue weighted by Gasteiger charge is -2.12. The largest absolute Gasteiger partial charge is 0.497 e. The Morgan fingerprint density at radius 1 is 1.16 bits per heavy atom. The van der Waals surface area contributed by atoms with E-state index in [1.807, 2.05) is 24.3 Å². The van der Waals surface area contributed by atoms with Gasteiger partial charge in [0.2, 0.25) is 0 Å². The van der Waals surface area contributed by atoms with E-state index in [9.17, 15) is 0 Å². The minimum absolute atomic E-state index is 0.555. The molecule has 2 rings (SSSR count). The van der Waals surface area contributed by atoms with E-state index in [2.05, 4.69) is 32.9 Å². The Morgan fingerprint density at radius 2 is 1.88 bits per heavy atom. The van der Waals surface area contributed by atoms with Crippen molar-refractivity contribution in [3.8, 4) is 11.5 Å². The first-order chi connectivity index (χ1) is 12.2. The predicted octanol–water partition coefficient (Wildman–Crippen LogP) is 2.50. The average molecular weight is 362 g/mol. The number of nitrogens with zero attached hydrogens (tertiary/aromatic N) is 2. The lowest BCUT2D eigenvalue weighted by atomic mass is 10.3. The number of benzene rings is 1. The monoisotopic (exact) mass is 362 g/mol. The zero-order chi connectivity index (χ0) is 17.9. The van der Waals surface area contributed by atoms with Gasteiger partial charge in [0.05, 0.1) is 24.4 Å². The summed E-state index contributed by atoms with van der Waals surface area (Å²) in [4.78, 5) is 8.77. The van der Waals surface area contributed by atoms with Crippen LogP contribution in [0.15, 0.2) is 34.6 Å². The van der Waals surface area contributed by atoms with Crippen molar-refractivity contribution in [3.63, 3.8) is 0 Å². The molecule has 2 N–H and O–H groups in total. The van der Waals surface area contributed by atoms with E-state index in [-0.39, 0.29) is 0 Å². The van der Waals surface area contributed by atoms with Crippen LogP contribution >= 0.6 is 11.3 Å². The van der Waals surface area contributed by atoms with Crippen molar-refractivity contribution in [2.75, 3.05) is 33.9 Å². The highest BCUT2D eigenvalue weighted by molar-refractivity contribution is 7.09. The second kappa shape index (κ2) is 10.6. The number of hydrogen-bond acceptors (Lipinski definition) is 5. The molecule has 0 amide bonds. The summed E-state index contributed by atoms with van der Waals surface area (Å²) in [7, 11) is 3.41. The lowest BCUT2D eigenvalue weighted by Crippen LogP contribution is -2.40. The topological polar surface area (TPSA) is 67.8 Å². The number of guanidine groups is 1. The van der Waals surface area contributed by atoms with Crippen molar-refractivity contribution in [3.05, 3.63) is 40.3 Å². The molecule has 0 aliphatic heterocycles. The van der Waals surface area contributed by atoms with Crippen LogP contribution in [0.2, 0.25) is 0 Å². The number of nitrogens with one attached hydrogen (secondary N) is 2. The molecule has 0 spiro atoms. The molecule has 1 heterocycles. The number of aryl methyl sites for hydroxylation is 1. The summed E-state index contributed by atoms with van der Waals surface area (Å²) in [5, 5.41) is 9.84. The van der Waals surface area contributed by atoms with Crippen LogP contribution in [0, 0.1) is 0 Å². The average Bonchev–Trinajstić information content (AvgIpc) is 3.12. The van der Waals surface area contributed by atoms with Crippen molar-refractivity contribution in [1.29, 1.82) is 0 Å². The summed E-state index contributed by atoms with van der Waals surface area (Å²) in [6, 6.07) is 7.55. The molecule has 0 saturated carbocycles. The van der Waals surface area contributed by atoms with Crippen LogP contribution in [0.25, 0.3) is 0 Å². The van der Waals surface area contributed by atoms with Gasteiger partial charge >= 0.3 is 0 Å². The zero-order valence-corrected chi connectivity index (χ0v) is 15.9. The van der Waals surface area contributed by atoms with Gasteiger partial charge in [0.1, 0.15) is 18.1 Å². The van der Waals surface area contributed by atoms with E-state index in [0.717, 1.165) is 42.5 Å². The normalized spacial score (nSPS) is 11.2. The van der Waals surface area contributed by atoms with Gasteiger partial charge in [-0.3, -0.25) is 4.99 Å². The molecule has 0 unspecified atom stereocenters. The Balaban J connectivity index is 1.62. The summed E-state index contributed by atoms with van der Waals surface area (Å²) in [6.45, 7) is 4.15. The fourth-order valence-corrected chi connectivity index (χ4v) is 2.95. The Morgan fingerprint density at radius 3 is 2.52 bits per heavy atom. The molecule has 2 aromatic rings. The number of aliphatic imine (C=N–C) groups is 1. The minimum Gasteiger partial charge on any atom is -0.497 e. The third-order valence-corrected chi connectivity index (χ3v) is 4.56. The van der Waals surface area contributed by atoms with E-state index in [1.54, 1.807) is 25.5 Å². The van der Waals surface area contributed by atoms with Crippen LogP contribution < -0.4 is 20.1 Å². The summed E-state index contributed by atoms with van der Waals surface area (Å²) < 4.78 is 10.8. The van der Waals surface area contributed by atoms with E-state index < -0.39 is 0 Å². The first-order valence-electron chi connectivity index (χ1n) is 8.39. The number of thiazole rings is 1. The third-order valence-electron chi connectivity index (χ3n) is 3.52. The van der Waals surface area contributed by atoms with Crippen molar-refractivity contribution in [1.82, 2.24) is 15.6 Å². The van der Waals surface area contributed by atoms with Crippen molar-refractivity contribution >= 4 is 17.3 Å². The number of aromatic nitrogens is 1. The Labute approximate surface area is 153 Å². The molecule has 136 valence electrons. The van der Waals surface area contributed by atoms with E-state index >= 15 is 0 Å². The number of ether oxygens (including phenoxy) is 2. The molecule has 1 aromatic carbocycles. The van der Waals surface area contributed by atoms with Gasteiger partial charge in [0, 0.05) is 25.4 Å². The highest BCUT2D eigenvalue weighted by Crippen LogP contribution is 2.16. The van der Waals surface area contributed by atoms with Gasteiger partial charge in [0.25, 0.3) is 0 Å². The lowest BCUT2D eigenvalue weighted by molar-refractivity contribution is 0.321. The van der Waals surface area contributed by atoms with Gasteiger partial charge in [-0.05, 0) is 30.7 Å². The van der Waals surface area contributed by atoms with Crippen molar-refractivity contribution in [2.45, 2.75) is 19.8 Å². The summed E-state index contributed by atoms with van der Waals surface area (Å²) >= 11 is 1.72.